The van der Waals surface area contributed by atoms with Crippen LogP contribution in [-0.4, -0.2) is 66.6 Å². The van der Waals surface area contributed by atoms with Crippen molar-refractivity contribution in [3.63, 3.8) is 0 Å². The number of urea groups is 1. The van der Waals surface area contributed by atoms with E-state index in [1.54, 1.807) is 4.90 Å². The highest BCUT2D eigenvalue weighted by molar-refractivity contribution is 5.74. The summed E-state index contributed by atoms with van der Waals surface area (Å²) in [5, 5.41) is 11.1. The Bertz CT molecular complexity index is 332. The zero-order valence-corrected chi connectivity index (χ0v) is 11.6. The highest BCUT2D eigenvalue weighted by Crippen LogP contribution is 2.20. The van der Waals surface area contributed by atoms with E-state index in [9.17, 15) is 9.59 Å². The number of nitrogens with one attached hydrogen (secondary N) is 1. The summed E-state index contributed by atoms with van der Waals surface area (Å²) in [5.74, 6) is -1.02. The maximum atomic E-state index is 11.9. The molecule has 0 aliphatic carbocycles. The number of carboxylic acid groups (broad SMARTS) is 1. The first-order valence-electron chi connectivity index (χ1n) is 6.30. The van der Waals surface area contributed by atoms with Gasteiger partial charge in [-0.3, -0.25) is 0 Å². The third-order valence-corrected chi connectivity index (χ3v) is 2.60. The van der Waals surface area contributed by atoms with E-state index in [0.29, 0.717) is 13.1 Å². The molecule has 1 fully saturated rings. The van der Waals surface area contributed by atoms with Gasteiger partial charge < -0.3 is 24.8 Å². The van der Waals surface area contributed by atoms with Crippen LogP contribution in [0, 0.1) is 0 Å². The third kappa shape index (κ3) is 5.89. The van der Waals surface area contributed by atoms with E-state index >= 15 is 0 Å². The van der Waals surface area contributed by atoms with Gasteiger partial charge in [-0.2, -0.15) is 0 Å². The Morgan fingerprint density at radius 1 is 1.53 bits per heavy atom. The van der Waals surface area contributed by atoms with Crippen LogP contribution in [0.15, 0.2) is 0 Å². The van der Waals surface area contributed by atoms with Gasteiger partial charge in [0.2, 0.25) is 0 Å². The highest BCUT2D eigenvalue weighted by atomic mass is 16.5. The minimum atomic E-state index is -1.02. The molecule has 0 aromatic heterocycles. The van der Waals surface area contributed by atoms with E-state index in [4.69, 9.17) is 14.6 Å². The molecule has 110 valence electrons. The highest BCUT2D eigenvalue weighted by Gasteiger charge is 2.33. The number of carbonyl (C=O) groups is 2. The summed E-state index contributed by atoms with van der Waals surface area (Å²) in [6, 6.07) is -0.179. The number of carboxylic acids is 1. The quantitative estimate of drug-likeness (QED) is 0.704. The molecular formula is C12H22N2O5. The molecule has 1 saturated heterocycles. The summed E-state index contributed by atoms with van der Waals surface area (Å²) >= 11 is 0. The van der Waals surface area contributed by atoms with Crippen LogP contribution in [0.5, 0.6) is 0 Å². The van der Waals surface area contributed by atoms with Gasteiger partial charge in [-0.1, -0.05) is 0 Å². The van der Waals surface area contributed by atoms with Gasteiger partial charge in [0.05, 0.1) is 24.9 Å². The molecule has 0 aromatic carbocycles. The topological polar surface area (TPSA) is 88.1 Å². The van der Waals surface area contributed by atoms with Crippen molar-refractivity contribution in [2.45, 2.75) is 32.5 Å². The van der Waals surface area contributed by atoms with E-state index in [-0.39, 0.29) is 37.5 Å². The second kappa shape index (κ2) is 6.72. The molecule has 1 heterocycles. The van der Waals surface area contributed by atoms with Crippen molar-refractivity contribution < 1.29 is 24.2 Å². The predicted octanol–water partition coefficient (Wildman–Crippen LogP) is 0.297. The smallest absolute Gasteiger partial charge is 0.329 e. The van der Waals surface area contributed by atoms with Gasteiger partial charge in [0.1, 0.15) is 6.61 Å². The Morgan fingerprint density at radius 2 is 2.21 bits per heavy atom. The van der Waals surface area contributed by atoms with E-state index in [1.807, 2.05) is 20.8 Å². The van der Waals surface area contributed by atoms with Crippen LogP contribution in [0.3, 0.4) is 0 Å². The summed E-state index contributed by atoms with van der Waals surface area (Å²) in [6.45, 7) is 7.01. The molecule has 0 spiro atoms. The lowest BCUT2D eigenvalue weighted by Gasteiger charge is -2.41. The molecule has 7 heteroatoms. The zero-order valence-electron chi connectivity index (χ0n) is 11.6. The summed E-state index contributed by atoms with van der Waals surface area (Å²) in [6.07, 6.45) is -0.00207. The monoisotopic (exact) mass is 274 g/mol. The zero-order chi connectivity index (χ0) is 14.5. The van der Waals surface area contributed by atoms with Crippen LogP contribution in [-0.2, 0) is 14.3 Å². The molecular weight excluding hydrogens is 252 g/mol. The first-order chi connectivity index (χ1) is 8.80. The Labute approximate surface area is 112 Å². The van der Waals surface area contributed by atoms with E-state index in [0.717, 1.165) is 0 Å². The molecule has 1 rings (SSSR count). The molecule has 0 bridgehead atoms. The Hall–Kier alpha value is -1.34. The maximum Gasteiger partial charge on any atom is 0.329 e. The van der Waals surface area contributed by atoms with Gasteiger partial charge in [0.25, 0.3) is 0 Å². The molecule has 1 aliphatic rings. The SMILES string of the molecule is CC1CN(C(=O)NCCOCC(=O)O)CC(C)(C)O1. The van der Waals surface area contributed by atoms with Crippen LogP contribution in [0.1, 0.15) is 20.8 Å². The first-order valence-corrected chi connectivity index (χ1v) is 6.30. The fourth-order valence-electron chi connectivity index (χ4n) is 2.11. The number of ether oxygens (including phenoxy) is 2. The van der Waals surface area contributed by atoms with Crippen molar-refractivity contribution in [1.82, 2.24) is 10.2 Å². The minimum Gasteiger partial charge on any atom is -0.480 e. The number of carbonyl (C=O) groups excluding carboxylic acids is 1. The average molecular weight is 274 g/mol. The lowest BCUT2D eigenvalue weighted by atomic mass is 10.1. The van der Waals surface area contributed by atoms with E-state index in [1.165, 1.54) is 0 Å². The largest absolute Gasteiger partial charge is 0.480 e. The number of nitrogens with zero attached hydrogens (tertiary/aromatic N) is 1. The molecule has 0 saturated carbocycles. The Balaban J connectivity index is 2.27. The van der Waals surface area contributed by atoms with Crippen LogP contribution >= 0.6 is 0 Å². The van der Waals surface area contributed by atoms with Gasteiger partial charge >= 0.3 is 12.0 Å². The number of rotatable bonds is 5. The normalized spacial score (nSPS) is 22.1. The standard InChI is InChI=1S/C12H22N2O5/c1-9-6-14(8-12(2,3)19-9)11(17)13-4-5-18-7-10(15)16/h9H,4-8H2,1-3H3,(H,13,17)(H,15,16). The number of hydrogen-bond acceptors (Lipinski definition) is 4. The molecule has 7 nitrogen and oxygen atoms in total. The van der Waals surface area contributed by atoms with E-state index < -0.39 is 5.97 Å². The van der Waals surface area contributed by atoms with Gasteiger partial charge in [-0.05, 0) is 20.8 Å². The van der Waals surface area contributed by atoms with Gasteiger partial charge in [-0.15, -0.1) is 0 Å². The molecule has 0 aromatic rings. The van der Waals surface area contributed by atoms with Crippen molar-refractivity contribution in [3.8, 4) is 0 Å². The number of amides is 2. The summed E-state index contributed by atoms with van der Waals surface area (Å²) in [5.41, 5.74) is -0.352. The van der Waals surface area contributed by atoms with Crippen LogP contribution in [0.2, 0.25) is 0 Å². The lowest BCUT2D eigenvalue weighted by Crippen LogP contribution is -2.56. The van der Waals surface area contributed by atoms with Crippen LogP contribution < -0.4 is 5.32 Å². The van der Waals surface area contributed by atoms with Crippen molar-refractivity contribution >= 4 is 12.0 Å². The molecule has 19 heavy (non-hydrogen) atoms. The summed E-state index contributed by atoms with van der Waals surface area (Å²) in [7, 11) is 0. The summed E-state index contributed by atoms with van der Waals surface area (Å²) < 4.78 is 10.5. The molecule has 2 N–H and O–H groups in total. The third-order valence-electron chi connectivity index (χ3n) is 2.60. The van der Waals surface area contributed by atoms with Gasteiger partial charge in [0.15, 0.2) is 0 Å². The van der Waals surface area contributed by atoms with Crippen LogP contribution in [0.4, 0.5) is 4.79 Å². The van der Waals surface area contributed by atoms with Gasteiger partial charge in [0, 0.05) is 13.1 Å². The number of aliphatic carboxylic acids is 1. The minimum absolute atomic E-state index is 0.00207. The summed E-state index contributed by atoms with van der Waals surface area (Å²) in [4.78, 5) is 23.8. The van der Waals surface area contributed by atoms with Crippen molar-refractivity contribution in [1.29, 1.82) is 0 Å². The fourth-order valence-corrected chi connectivity index (χ4v) is 2.11. The van der Waals surface area contributed by atoms with Gasteiger partial charge in [-0.25, -0.2) is 9.59 Å². The second-order valence-electron chi connectivity index (χ2n) is 5.25. The first kappa shape index (κ1) is 15.7. The molecule has 1 aliphatic heterocycles. The molecule has 2 amide bonds. The van der Waals surface area contributed by atoms with Crippen LogP contribution in [0.25, 0.3) is 0 Å². The fraction of sp³-hybridized carbons (Fsp3) is 0.833. The molecule has 1 atom stereocenters. The maximum absolute atomic E-state index is 11.9. The van der Waals surface area contributed by atoms with E-state index in [2.05, 4.69) is 5.32 Å². The lowest BCUT2D eigenvalue weighted by molar-refractivity contribution is -0.142. The molecule has 0 radical (unpaired) electrons. The number of hydrogen-bond donors (Lipinski definition) is 2. The average Bonchev–Trinajstić information content (AvgIpc) is 2.25. The Morgan fingerprint density at radius 3 is 2.79 bits per heavy atom. The predicted molar refractivity (Wildman–Crippen MR) is 68.1 cm³/mol. The van der Waals surface area contributed by atoms with Crippen molar-refractivity contribution in [2.24, 2.45) is 0 Å². The Kier molecular flexibility index (Phi) is 5.56. The molecule has 1 unspecified atom stereocenters. The van der Waals surface area contributed by atoms with Crippen molar-refractivity contribution in [2.75, 3.05) is 32.8 Å². The second-order valence-corrected chi connectivity index (χ2v) is 5.25. The number of morpholine rings is 1. The van der Waals surface area contributed by atoms with Crippen molar-refractivity contribution in [3.05, 3.63) is 0 Å².